The summed E-state index contributed by atoms with van der Waals surface area (Å²) in [5.74, 6) is -0.0888. The maximum atomic E-state index is 13.2. The van der Waals surface area contributed by atoms with Gasteiger partial charge in [-0.3, -0.25) is 9.09 Å². The zero-order chi connectivity index (χ0) is 19.7. The first kappa shape index (κ1) is 20.8. The van der Waals surface area contributed by atoms with Gasteiger partial charge in [-0.25, -0.2) is 23.2 Å². The molecule has 2 heterocycles. The van der Waals surface area contributed by atoms with Gasteiger partial charge in [-0.2, -0.15) is 4.98 Å². The Morgan fingerprint density at radius 1 is 1.50 bits per heavy atom. The highest BCUT2D eigenvalue weighted by Crippen LogP contribution is 2.58. The topological polar surface area (TPSA) is 210 Å². The predicted octanol–water partition coefficient (Wildman–Crippen LogP) is -0.420. The molecule has 0 aromatic carbocycles. The first-order valence-electron chi connectivity index (χ1n) is 6.70. The van der Waals surface area contributed by atoms with Crippen molar-refractivity contribution in [1.82, 2.24) is 9.55 Å². The molecule has 26 heavy (non-hydrogen) atoms. The lowest BCUT2D eigenvalue weighted by Gasteiger charge is -2.19. The first-order valence-corrected chi connectivity index (χ1v) is 9.81. The van der Waals surface area contributed by atoms with Crippen molar-refractivity contribution in [3.63, 3.8) is 0 Å². The molecule has 1 unspecified atom stereocenters. The van der Waals surface area contributed by atoms with E-state index < -0.39 is 46.3 Å². The van der Waals surface area contributed by atoms with Gasteiger partial charge in [0.25, 0.3) is 0 Å². The number of nitrogen functional groups attached to an aromatic ring is 1. The lowest BCUT2D eigenvalue weighted by molar-refractivity contribution is -0.0421. The molecule has 0 aliphatic carbocycles. The fourth-order valence-electron chi connectivity index (χ4n) is 2.10. The smallest absolute Gasteiger partial charge is 0.386 e. The number of anilines is 1. The molecule has 1 aromatic rings. The van der Waals surface area contributed by atoms with Crippen LogP contribution in [0.25, 0.3) is 0 Å². The van der Waals surface area contributed by atoms with Crippen LogP contribution in [0.5, 0.6) is 0 Å². The number of hydrogen-bond donors (Lipinski definition) is 6. The molecule has 1 aliphatic rings. The molecule has 2 rings (SSSR count). The van der Waals surface area contributed by atoms with E-state index >= 15 is 0 Å². The average molecular weight is 416 g/mol. The van der Waals surface area contributed by atoms with Gasteiger partial charge in [0.2, 0.25) is 0 Å². The van der Waals surface area contributed by atoms with E-state index in [1.54, 1.807) is 0 Å². The Morgan fingerprint density at radius 2 is 2.15 bits per heavy atom. The maximum absolute atomic E-state index is 13.2. The third-order valence-corrected chi connectivity index (χ3v) is 5.38. The highest BCUT2D eigenvalue weighted by molar-refractivity contribution is 7.61. The summed E-state index contributed by atoms with van der Waals surface area (Å²) in [7, 11) is -9.90. The summed E-state index contributed by atoms with van der Waals surface area (Å²) in [6.45, 7) is -0.792. The zero-order valence-corrected chi connectivity index (χ0v) is 14.5. The number of aliphatic hydroxyl groups excluding tert-OH is 1. The molecule has 1 aliphatic heterocycles. The van der Waals surface area contributed by atoms with Crippen molar-refractivity contribution in [2.45, 2.75) is 18.4 Å². The van der Waals surface area contributed by atoms with Crippen molar-refractivity contribution in [2.75, 3.05) is 12.3 Å². The molecule has 1 saturated heterocycles. The van der Waals surface area contributed by atoms with E-state index in [-0.39, 0.29) is 17.7 Å². The number of nitrogens with two attached hydrogens (primary N) is 1. The minimum Gasteiger partial charge on any atom is -0.386 e. The molecular weight excluding hydrogens is 401 g/mol. The van der Waals surface area contributed by atoms with Gasteiger partial charge in [0.05, 0.1) is 12.9 Å². The third kappa shape index (κ3) is 5.04. The maximum Gasteiger partial charge on any atom is 0.477 e. The summed E-state index contributed by atoms with van der Waals surface area (Å²) in [6, 6.07) is 1.23. The summed E-state index contributed by atoms with van der Waals surface area (Å²) < 4.78 is 38.3. The minimum atomic E-state index is -5.21. The molecule has 146 valence electrons. The van der Waals surface area contributed by atoms with Crippen LogP contribution in [0.15, 0.2) is 29.0 Å². The first-order chi connectivity index (χ1) is 11.9. The van der Waals surface area contributed by atoms with Gasteiger partial charge in [0, 0.05) is 11.8 Å². The van der Waals surface area contributed by atoms with E-state index in [9.17, 15) is 23.7 Å². The van der Waals surface area contributed by atoms with E-state index in [2.05, 4.69) is 13.8 Å². The van der Waals surface area contributed by atoms with Crippen molar-refractivity contribution in [1.29, 1.82) is 5.16 Å². The van der Waals surface area contributed by atoms with E-state index in [1.807, 2.05) is 0 Å². The Morgan fingerprint density at radius 3 is 2.69 bits per heavy atom. The molecule has 4 atom stereocenters. The van der Waals surface area contributed by atoms with E-state index in [4.69, 9.17) is 25.4 Å². The fraction of sp³-hybridized carbons (Fsp3) is 0.400. The Kier molecular flexibility index (Phi) is 6.13. The molecule has 0 spiro atoms. The number of nitrogens with zero attached hydrogens (tertiary/aromatic N) is 2. The van der Waals surface area contributed by atoms with Gasteiger partial charge in [-0.15, -0.1) is 0 Å². The molecule has 0 radical (unpaired) electrons. The van der Waals surface area contributed by atoms with Gasteiger partial charge in [0.15, 0.2) is 6.23 Å². The van der Waals surface area contributed by atoms with Crippen molar-refractivity contribution in [2.24, 2.45) is 0 Å². The molecule has 1 aromatic heterocycles. The van der Waals surface area contributed by atoms with Crippen molar-refractivity contribution < 1.29 is 42.3 Å². The number of phosphoric acid groups is 1. The van der Waals surface area contributed by atoms with Crippen molar-refractivity contribution >= 4 is 21.4 Å². The van der Waals surface area contributed by atoms with Gasteiger partial charge < -0.3 is 30.3 Å². The van der Waals surface area contributed by atoms with Crippen LogP contribution in [0.2, 0.25) is 0 Å². The molecule has 0 saturated carbocycles. The number of halogens is 1. The van der Waals surface area contributed by atoms with Crippen LogP contribution in [0.4, 0.5) is 10.2 Å². The number of aromatic nitrogens is 2. The SMILES string of the molecule is N=P(O)(OC[C@H]1O[C@@H](n2ccc(N)nc2=O)/C(=C\F)[C@@H]1O)OP(=O)(O)O. The van der Waals surface area contributed by atoms with Gasteiger partial charge in [0.1, 0.15) is 18.0 Å². The Hall–Kier alpha value is -1.47. The van der Waals surface area contributed by atoms with Crippen LogP contribution < -0.4 is 11.4 Å². The summed E-state index contributed by atoms with van der Waals surface area (Å²) in [4.78, 5) is 41.8. The lowest BCUT2D eigenvalue weighted by Crippen LogP contribution is -2.28. The third-order valence-electron chi connectivity index (χ3n) is 3.14. The zero-order valence-electron chi connectivity index (χ0n) is 12.7. The Bertz CT molecular complexity index is 855. The minimum absolute atomic E-state index is 0.00626. The Balaban J connectivity index is 2.16. The largest absolute Gasteiger partial charge is 0.477 e. The van der Waals surface area contributed by atoms with E-state index in [0.717, 1.165) is 10.8 Å². The summed E-state index contributed by atoms with van der Waals surface area (Å²) >= 11 is 0. The van der Waals surface area contributed by atoms with Crippen molar-refractivity contribution in [3.05, 3.63) is 34.7 Å². The van der Waals surface area contributed by atoms with Crippen molar-refractivity contribution in [3.8, 4) is 0 Å². The highest BCUT2D eigenvalue weighted by atomic mass is 31.3. The summed E-state index contributed by atoms with van der Waals surface area (Å²) in [5, 5.41) is 17.3. The van der Waals surface area contributed by atoms with Gasteiger partial charge in [-0.1, -0.05) is 0 Å². The standard InChI is InChI=1S/C10H15FN4O9P2/c11-3-5-8(16)6(4-22-25(13,18)24-26(19,20)21)23-9(5)15-2-1-7(12)14-10(15)17/h1-3,6,8-9,16H,4H2,(H2,13,18)(H2,12,14,17)(H2,19,20,21)/b5-3-/t6-,8+,9-,25?/m1/s1. The molecular formula is C10H15FN4O9P2. The summed E-state index contributed by atoms with van der Waals surface area (Å²) in [6.07, 6.45) is -3.29. The molecule has 7 N–H and O–H groups in total. The second-order valence-corrected chi connectivity index (χ2v) is 7.94. The number of hydrogen-bond acceptors (Lipinski definition) is 9. The molecule has 13 nitrogen and oxygen atoms in total. The number of aliphatic hydroxyl groups is 1. The second-order valence-electron chi connectivity index (χ2n) is 5.01. The molecule has 0 bridgehead atoms. The van der Waals surface area contributed by atoms with Crippen LogP contribution in [-0.2, 0) is 18.1 Å². The normalized spacial score (nSPS) is 27.6. The fourth-order valence-corrected chi connectivity index (χ4v) is 3.79. The average Bonchev–Trinajstić information content (AvgIpc) is 2.79. The predicted molar refractivity (Wildman–Crippen MR) is 83.0 cm³/mol. The van der Waals surface area contributed by atoms with Crippen LogP contribution in [0, 0.1) is 5.16 Å². The quantitative estimate of drug-likeness (QED) is 0.328. The van der Waals surface area contributed by atoms with Gasteiger partial charge in [-0.05, 0) is 6.07 Å². The number of ether oxygens (including phenoxy) is 1. The molecule has 0 amide bonds. The highest BCUT2D eigenvalue weighted by Gasteiger charge is 2.42. The van der Waals surface area contributed by atoms with E-state index in [1.165, 1.54) is 6.07 Å². The van der Waals surface area contributed by atoms with Crippen LogP contribution >= 0.6 is 15.6 Å². The Labute approximate surface area is 144 Å². The molecule has 16 heteroatoms. The number of rotatable bonds is 6. The monoisotopic (exact) mass is 416 g/mol. The van der Waals surface area contributed by atoms with Crippen LogP contribution in [0.3, 0.4) is 0 Å². The number of nitrogens with one attached hydrogen (secondary N) is 1. The summed E-state index contributed by atoms with van der Waals surface area (Å²) in [5.41, 5.74) is 4.08. The molecule has 1 fully saturated rings. The lowest BCUT2D eigenvalue weighted by atomic mass is 10.1. The van der Waals surface area contributed by atoms with Gasteiger partial charge >= 0.3 is 21.2 Å². The van der Waals surface area contributed by atoms with E-state index in [0.29, 0.717) is 0 Å². The van der Waals surface area contributed by atoms with Crippen LogP contribution in [0.1, 0.15) is 6.23 Å². The van der Waals surface area contributed by atoms with Crippen LogP contribution in [-0.4, -0.2) is 48.2 Å². The second kappa shape index (κ2) is 7.64.